The molecule has 1 aromatic carbocycles. The molecule has 0 aliphatic carbocycles. The van der Waals surface area contributed by atoms with Crippen LogP contribution >= 0.6 is 0 Å². The summed E-state index contributed by atoms with van der Waals surface area (Å²) in [6, 6.07) is 14.1. The molecule has 0 amide bonds. The van der Waals surface area contributed by atoms with E-state index in [9.17, 15) is 0 Å². The molecule has 1 aliphatic rings. The molecular weight excluding hydrogens is 304 g/mol. The van der Waals surface area contributed by atoms with E-state index in [4.69, 9.17) is 15.2 Å². The van der Waals surface area contributed by atoms with E-state index in [0.29, 0.717) is 19.0 Å². The van der Waals surface area contributed by atoms with E-state index in [1.165, 1.54) is 11.9 Å². The fourth-order valence-corrected chi connectivity index (χ4v) is 3.15. The molecule has 2 unspecified atom stereocenters. The fourth-order valence-electron chi connectivity index (χ4n) is 3.15. The lowest BCUT2D eigenvalue weighted by Gasteiger charge is -2.14. The Morgan fingerprint density at radius 1 is 1.17 bits per heavy atom. The molecule has 1 aliphatic heterocycles. The molecule has 0 radical (unpaired) electrons. The van der Waals surface area contributed by atoms with Crippen molar-refractivity contribution in [2.75, 3.05) is 12.3 Å². The molecule has 2 aromatic heterocycles. The van der Waals surface area contributed by atoms with E-state index >= 15 is 0 Å². The fraction of sp³-hybridized carbons (Fsp3) is 0.333. The highest BCUT2D eigenvalue weighted by Crippen LogP contribution is 2.33. The van der Waals surface area contributed by atoms with E-state index in [1.807, 2.05) is 34.8 Å². The highest BCUT2D eigenvalue weighted by Gasteiger charge is 2.29. The van der Waals surface area contributed by atoms with Crippen LogP contribution in [0.3, 0.4) is 0 Å². The van der Waals surface area contributed by atoms with Gasteiger partial charge in [0.15, 0.2) is 5.82 Å². The normalized spacial score (nSPS) is 20.7. The van der Waals surface area contributed by atoms with Gasteiger partial charge < -0.3 is 15.2 Å². The van der Waals surface area contributed by atoms with Crippen LogP contribution in [0.2, 0.25) is 0 Å². The van der Waals surface area contributed by atoms with Gasteiger partial charge in [-0.1, -0.05) is 30.3 Å². The minimum absolute atomic E-state index is 0.0205. The first-order valence-electron chi connectivity index (χ1n) is 8.16. The van der Waals surface area contributed by atoms with Crippen molar-refractivity contribution in [3.05, 3.63) is 60.0 Å². The number of nitrogens with zero attached hydrogens (tertiary/aromatic N) is 3. The Morgan fingerprint density at radius 3 is 2.92 bits per heavy atom. The van der Waals surface area contributed by atoms with Crippen molar-refractivity contribution in [3.8, 4) is 0 Å². The number of hydrogen-bond acceptors (Lipinski definition) is 5. The maximum Gasteiger partial charge on any atom is 0.151 e. The molecule has 0 bridgehead atoms. The lowest BCUT2D eigenvalue weighted by atomic mass is 10.1. The molecule has 2 atom stereocenters. The third-order valence-corrected chi connectivity index (χ3v) is 4.36. The summed E-state index contributed by atoms with van der Waals surface area (Å²) >= 11 is 0. The van der Waals surface area contributed by atoms with Crippen molar-refractivity contribution in [1.82, 2.24) is 14.6 Å². The molecule has 6 nitrogen and oxygen atoms in total. The summed E-state index contributed by atoms with van der Waals surface area (Å²) in [7, 11) is 0. The quantitative estimate of drug-likeness (QED) is 0.781. The standard InChI is InChI=1S/C18H20N4O2/c19-18-16-8-7-15(22(16)21-12-20-18)17-9-6-14(24-17)11-23-10-13-4-2-1-3-5-13/h1-5,7-8,12,14,17H,6,9-11H2,(H2,19,20,21). The van der Waals surface area contributed by atoms with Crippen LogP contribution in [0.4, 0.5) is 5.82 Å². The number of fused-ring (bicyclic) bond motifs is 1. The maximum absolute atomic E-state index is 6.14. The second-order valence-corrected chi connectivity index (χ2v) is 6.03. The van der Waals surface area contributed by atoms with Crippen LogP contribution in [0.1, 0.15) is 30.2 Å². The van der Waals surface area contributed by atoms with Gasteiger partial charge in [0, 0.05) is 0 Å². The molecule has 0 spiro atoms. The number of anilines is 1. The highest BCUT2D eigenvalue weighted by molar-refractivity contribution is 5.65. The van der Waals surface area contributed by atoms with Crippen LogP contribution in [0.15, 0.2) is 48.8 Å². The second kappa shape index (κ2) is 6.59. The number of ether oxygens (including phenoxy) is 2. The van der Waals surface area contributed by atoms with Crippen LogP contribution in [-0.4, -0.2) is 27.3 Å². The molecule has 2 N–H and O–H groups in total. The summed E-state index contributed by atoms with van der Waals surface area (Å²) in [5.41, 5.74) is 8.90. The third kappa shape index (κ3) is 2.98. The summed E-state index contributed by atoms with van der Waals surface area (Å²) in [4.78, 5) is 4.02. The van der Waals surface area contributed by atoms with Gasteiger partial charge in [0.25, 0.3) is 0 Å². The van der Waals surface area contributed by atoms with Gasteiger partial charge in [-0.3, -0.25) is 0 Å². The Kier molecular flexibility index (Phi) is 4.15. The van der Waals surface area contributed by atoms with Gasteiger partial charge in [-0.25, -0.2) is 9.50 Å². The first-order chi connectivity index (χ1) is 11.8. The first-order valence-corrected chi connectivity index (χ1v) is 8.16. The molecule has 24 heavy (non-hydrogen) atoms. The van der Waals surface area contributed by atoms with Gasteiger partial charge in [-0.15, -0.1) is 0 Å². The van der Waals surface area contributed by atoms with Gasteiger partial charge in [0.2, 0.25) is 0 Å². The highest BCUT2D eigenvalue weighted by atomic mass is 16.5. The predicted octanol–water partition coefficient (Wildman–Crippen LogP) is 2.75. The number of nitrogen functional groups attached to an aromatic ring is 1. The third-order valence-electron chi connectivity index (χ3n) is 4.36. The minimum atomic E-state index is 0.0205. The minimum Gasteiger partial charge on any atom is -0.382 e. The van der Waals surface area contributed by atoms with Crippen molar-refractivity contribution < 1.29 is 9.47 Å². The SMILES string of the molecule is Nc1ncnn2c(C3CCC(COCc4ccccc4)O3)ccc12. The van der Waals surface area contributed by atoms with Gasteiger partial charge in [-0.05, 0) is 30.5 Å². The monoisotopic (exact) mass is 324 g/mol. The Hall–Kier alpha value is -2.44. The number of benzene rings is 1. The van der Waals surface area contributed by atoms with E-state index in [2.05, 4.69) is 22.2 Å². The van der Waals surface area contributed by atoms with Crippen LogP contribution in [0.25, 0.3) is 5.52 Å². The first kappa shape index (κ1) is 15.1. The van der Waals surface area contributed by atoms with E-state index in [0.717, 1.165) is 24.1 Å². The molecule has 6 heteroatoms. The van der Waals surface area contributed by atoms with Gasteiger partial charge >= 0.3 is 0 Å². The average Bonchev–Trinajstić information content (AvgIpc) is 3.23. The van der Waals surface area contributed by atoms with Crippen molar-refractivity contribution in [3.63, 3.8) is 0 Å². The van der Waals surface area contributed by atoms with Gasteiger partial charge in [0.1, 0.15) is 17.9 Å². The Balaban J connectivity index is 1.37. The lowest BCUT2D eigenvalue weighted by Crippen LogP contribution is -2.15. The number of hydrogen-bond donors (Lipinski definition) is 1. The average molecular weight is 324 g/mol. The Bertz CT molecular complexity index is 818. The zero-order valence-corrected chi connectivity index (χ0v) is 13.3. The Labute approximate surface area is 140 Å². The molecule has 0 saturated carbocycles. The van der Waals surface area contributed by atoms with Crippen molar-refractivity contribution in [2.24, 2.45) is 0 Å². The van der Waals surface area contributed by atoms with E-state index in [1.54, 1.807) is 0 Å². The summed E-state index contributed by atoms with van der Waals surface area (Å²) in [5.74, 6) is 0.483. The van der Waals surface area contributed by atoms with Gasteiger partial charge in [0.05, 0.1) is 25.0 Å². The molecule has 1 saturated heterocycles. The zero-order chi connectivity index (χ0) is 16.4. The number of aromatic nitrogens is 3. The largest absolute Gasteiger partial charge is 0.382 e. The predicted molar refractivity (Wildman–Crippen MR) is 90.3 cm³/mol. The molecule has 4 rings (SSSR count). The van der Waals surface area contributed by atoms with E-state index < -0.39 is 0 Å². The maximum atomic E-state index is 6.14. The van der Waals surface area contributed by atoms with E-state index in [-0.39, 0.29) is 12.2 Å². The summed E-state index contributed by atoms with van der Waals surface area (Å²) < 4.78 is 13.8. The van der Waals surface area contributed by atoms with Crippen molar-refractivity contribution in [2.45, 2.75) is 31.7 Å². The second-order valence-electron chi connectivity index (χ2n) is 6.03. The van der Waals surface area contributed by atoms with Crippen molar-refractivity contribution in [1.29, 1.82) is 0 Å². The Morgan fingerprint density at radius 2 is 2.04 bits per heavy atom. The van der Waals surface area contributed by atoms with Crippen molar-refractivity contribution >= 4 is 11.3 Å². The van der Waals surface area contributed by atoms with Crippen LogP contribution in [0.5, 0.6) is 0 Å². The van der Waals surface area contributed by atoms with Crippen LogP contribution in [0, 0.1) is 0 Å². The summed E-state index contributed by atoms with van der Waals surface area (Å²) in [5, 5.41) is 4.29. The molecule has 1 fully saturated rings. The van der Waals surface area contributed by atoms with Crippen LogP contribution in [-0.2, 0) is 16.1 Å². The number of nitrogens with two attached hydrogens (primary N) is 1. The smallest absolute Gasteiger partial charge is 0.151 e. The summed E-state index contributed by atoms with van der Waals surface area (Å²) in [6.45, 7) is 1.22. The topological polar surface area (TPSA) is 74.7 Å². The molecule has 3 aromatic rings. The lowest BCUT2D eigenvalue weighted by molar-refractivity contribution is -0.0221. The molecule has 124 valence electrons. The van der Waals surface area contributed by atoms with Gasteiger partial charge in [-0.2, -0.15) is 5.10 Å². The molecule has 3 heterocycles. The number of rotatable bonds is 5. The zero-order valence-electron chi connectivity index (χ0n) is 13.3. The van der Waals surface area contributed by atoms with Crippen LogP contribution < -0.4 is 5.73 Å². The molecular formula is C18H20N4O2. The summed E-state index contributed by atoms with van der Waals surface area (Å²) in [6.07, 6.45) is 3.54.